The van der Waals surface area contributed by atoms with Crippen LogP contribution in [0.5, 0.6) is 0 Å². The van der Waals surface area contributed by atoms with Gasteiger partial charge in [0.2, 0.25) is 0 Å². The minimum Gasteiger partial charge on any atom is -0.255 e. The van der Waals surface area contributed by atoms with Gasteiger partial charge in [-0.2, -0.15) is 5.10 Å². The third-order valence-corrected chi connectivity index (χ3v) is 3.37. The smallest absolute Gasteiger partial charge is 0.0893 e. The quantitative estimate of drug-likeness (QED) is 0.561. The molecule has 0 saturated carbocycles. The van der Waals surface area contributed by atoms with Crippen LogP contribution in [0.4, 0.5) is 0 Å². The molecule has 0 aliphatic carbocycles. The highest BCUT2D eigenvalue weighted by atomic mass is 15.3. The van der Waals surface area contributed by atoms with E-state index in [4.69, 9.17) is 4.98 Å². The van der Waals surface area contributed by atoms with E-state index in [1.807, 2.05) is 53.3 Å². The lowest BCUT2D eigenvalue weighted by molar-refractivity contribution is 0.882. The summed E-state index contributed by atoms with van der Waals surface area (Å²) in [5, 5.41) is 5.35. The summed E-state index contributed by atoms with van der Waals surface area (Å²) < 4.78 is 1.83. The van der Waals surface area contributed by atoms with Crippen molar-refractivity contribution >= 4 is 10.9 Å². The molecule has 0 bridgehead atoms. The maximum atomic E-state index is 4.71. The van der Waals surface area contributed by atoms with E-state index in [9.17, 15) is 0 Å². The number of pyridine rings is 2. The standard InChI is InChI=1S/C17H12N4/c1-2-9-18-15(4-1)16-8-6-13-5-7-14(12-17(13)20-16)21-11-3-10-19-21/h1-12H. The Bertz CT molecular complexity index is 883. The second kappa shape index (κ2) is 4.83. The Labute approximate surface area is 121 Å². The fourth-order valence-electron chi connectivity index (χ4n) is 2.33. The van der Waals surface area contributed by atoms with E-state index in [0.29, 0.717) is 0 Å². The molecule has 0 aliphatic rings. The number of aromatic nitrogens is 4. The second-order valence-corrected chi connectivity index (χ2v) is 4.74. The maximum Gasteiger partial charge on any atom is 0.0893 e. The molecule has 4 aromatic rings. The molecule has 0 aliphatic heterocycles. The number of fused-ring (bicyclic) bond motifs is 1. The summed E-state index contributed by atoms with van der Waals surface area (Å²) in [5.41, 5.74) is 3.69. The molecule has 4 nitrogen and oxygen atoms in total. The lowest BCUT2D eigenvalue weighted by Gasteiger charge is -2.05. The summed E-state index contributed by atoms with van der Waals surface area (Å²) in [6, 6.07) is 17.9. The van der Waals surface area contributed by atoms with Crippen LogP contribution >= 0.6 is 0 Å². The van der Waals surface area contributed by atoms with Gasteiger partial charge in [0.25, 0.3) is 0 Å². The molecular formula is C17H12N4. The van der Waals surface area contributed by atoms with Crippen LogP contribution in [-0.2, 0) is 0 Å². The second-order valence-electron chi connectivity index (χ2n) is 4.74. The minimum absolute atomic E-state index is 0.876. The summed E-state index contributed by atoms with van der Waals surface area (Å²) in [7, 11) is 0. The molecule has 0 spiro atoms. The molecule has 1 aromatic carbocycles. The zero-order valence-electron chi connectivity index (χ0n) is 11.2. The predicted octanol–water partition coefficient (Wildman–Crippen LogP) is 3.48. The van der Waals surface area contributed by atoms with Crippen LogP contribution < -0.4 is 0 Å². The van der Waals surface area contributed by atoms with Gasteiger partial charge < -0.3 is 0 Å². The van der Waals surface area contributed by atoms with Gasteiger partial charge in [0, 0.05) is 24.0 Å². The first-order chi connectivity index (χ1) is 10.4. The first-order valence-electron chi connectivity index (χ1n) is 6.72. The normalized spacial score (nSPS) is 10.9. The van der Waals surface area contributed by atoms with Gasteiger partial charge in [0.15, 0.2) is 0 Å². The fraction of sp³-hybridized carbons (Fsp3) is 0. The van der Waals surface area contributed by atoms with Crippen LogP contribution in [0.15, 0.2) is 73.2 Å². The molecule has 4 heteroatoms. The van der Waals surface area contributed by atoms with Crippen molar-refractivity contribution in [1.82, 2.24) is 19.7 Å². The van der Waals surface area contributed by atoms with Gasteiger partial charge in [0.1, 0.15) is 0 Å². The van der Waals surface area contributed by atoms with Crippen molar-refractivity contribution in [1.29, 1.82) is 0 Å². The van der Waals surface area contributed by atoms with Crippen molar-refractivity contribution in [2.24, 2.45) is 0 Å². The average molecular weight is 272 g/mol. The van der Waals surface area contributed by atoms with E-state index in [2.05, 4.69) is 22.2 Å². The molecule has 0 N–H and O–H groups in total. The Morgan fingerprint density at radius 2 is 1.76 bits per heavy atom. The fourth-order valence-corrected chi connectivity index (χ4v) is 2.33. The topological polar surface area (TPSA) is 43.6 Å². The van der Waals surface area contributed by atoms with Gasteiger partial charge in [-0.05, 0) is 36.4 Å². The van der Waals surface area contributed by atoms with Crippen LogP contribution in [0.2, 0.25) is 0 Å². The Hall–Kier alpha value is -3.01. The molecule has 0 fully saturated rings. The first-order valence-corrected chi connectivity index (χ1v) is 6.72. The molecule has 21 heavy (non-hydrogen) atoms. The first kappa shape index (κ1) is 11.8. The van der Waals surface area contributed by atoms with E-state index in [0.717, 1.165) is 28.0 Å². The molecule has 4 rings (SSSR count). The van der Waals surface area contributed by atoms with E-state index in [1.54, 1.807) is 12.4 Å². The lowest BCUT2D eigenvalue weighted by atomic mass is 10.1. The Balaban J connectivity index is 1.86. The SMILES string of the molecule is c1ccc(-c2ccc3ccc(-n4cccn4)cc3n2)nc1. The van der Waals surface area contributed by atoms with Crippen molar-refractivity contribution in [2.75, 3.05) is 0 Å². The van der Waals surface area contributed by atoms with Crippen LogP contribution in [0, 0.1) is 0 Å². The third-order valence-electron chi connectivity index (χ3n) is 3.37. The monoisotopic (exact) mass is 272 g/mol. The number of hydrogen-bond acceptors (Lipinski definition) is 3. The van der Waals surface area contributed by atoms with E-state index in [-0.39, 0.29) is 0 Å². The molecule has 0 atom stereocenters. The zero-order valence-corrected chi connectivity index (χ0v) is 11.2. The number of rotatable bonds is 2. The van der Waals surface area contributed by atoms with Gasteiger partial charge in [-0.3, -0.25) is 4.98 Å². The number of benzene rings is 1. The molecule has 0 unspecified atom stereocenters. The molecule has 0 saturated heterocycles. The van der Waals surface area contributed by atoms with Crippen LogP contribution in [0.1, 0.15) is 0 Å². The molecule has 3 aromatic heterocycles. The lowest BCUT2D eigenvalue weighted by Crippen LogP contribution is -1.95. The predicted molar refractivity (Wildman–Crippen MR) is 82.1 cm³/mol. The van der Waals surface area contributed by atoms with Crippen LogP contribution in [-0.4, -0.2) is 19.7 Å². The minimum atomic E-state index is 0.876. The highest BCUT2D eigenvalue weighted by Gasteiger charge is 2.04. The van der Waals surface area contributed by atoms with Crippen LogP contribution in [0.3, 0.4) is 0 Å². The zero-order chi connectivity index (χ0) is 14.1. The summed E-state index contributed by atoms with van der Waals surface area (Å²) >= 11 is 0. The molecule has 100 valence electrons. The third kappa shape index (κ3) is 2.17. The summed E-state index contributed by atoms with van der Waals surface area (Å²) in [5.74, 6) is 0. The Kier molecular flexibility index (Phi) is 2.71. The Morgan fingerprint density at radius 1 is 0.810 bits per heavy atom. The molecular weight excluding hydrogens is 260 g/mol. The van der Waals surface area contributed by atoms with Crippen LogP contribution in [0.25, 0.3) is 28.0 Å². The summed E-state index contributed by atoms with van der Waals surface area (Å²) in [6.07, 6.45) is 5.47. The van der Waals surface area contributed by atoms with Crippen molar-refractivity contribution in [2.45, 2.75) is 0 Å². The maximum absolute atomic E-state index is 4.71. The van der Waals surface area contributed by atoms with Crippen molar-refractivity contribution in [3.8, 4) is 17.1 Å². The van der Waals surface area contributed by atoms with E-state index >= 15 is 0 Å². The van der Waals surface area contributed by atoms with Gasteiger partial charge in [-0.15, -0.1) is 0 Å². The van der Waals surface area contributed by atoms with E-state index in [1.165, 1.54) is 0 Å². The highest BCUT2D eigenvalue weighted by molar-refractivity contribution is 5.83. The van der Waals surface area contributed by atoms with Crippen molar-refractivity contribution in [3.63, 3.8) is 0 Å². The van der Waals surface area contributed by atoms with E-state index < -0.39 is 0 Å². The number of nitrogens with zero attached hydrogens (tertiary/aromatic N) is 4. The van der Waals surface area contributed by atoms with Crippen molar-refractivity contribution < 1.29 is 0 Å². The Morgan fingerprint density at radius 3 is 2.57 bits per heavy atom. The largest absolute Gasteiger partial charge is 0.255 e. The van der Waals surface area contributed by atoms with Gasteiger partial charge >= 0.3 is 0 Å². The highest BCUT2D eigenvalue weighted by Crippen LogP contribution is 2.21. The molecule has 0 radical (unpaired) electrons. The van der Waals surface area contributed by atoms with Gasteiger partial charge in [0.05, 0.1) is 22.6 Å². The molecule has 0 amide bonds. The molecule has 3 heterocycles. The van der Waals surface area contributed by atoms with Gasteiger partial charge in [-0.1, -0.05) is 18.2 Å². The summed E-state index contributed by atoms with van der Waals surface area (Å²) in [4.78, 5) is 9.06. The average Bonchev–Trinajstić information content (AvgIpc) is 3.09. The van der Waals surface area contributed by atoms with Crippen molar-refractivity contribution in [3.05, 3.63) is 73.2 Å². The number of hydrogen-bond donors (Lipinski definition) is 0. The van der Waals surface area contributed by atoms with Gasteiger partial charge in [-0.25, -0.2) is 9.67 Å². The summed E-state index contributed by atoms with van der Waals surface area (Å²) in [6.45, 7) is 0.